The normalized spacial score (nSPS) is 20.8. The minimum absolute atomic E-state index is 0.0133. The lowest BCUT2D eigenvalue weighted by Gasteiger charge is -2.37. The van der Waals surface area contributed by atoms with Gasteiger partial charge in [-0.2, -0.15) is 5.10 Å². The highest BCUT2D eigenvalue weighted by Crippen LogP contribution is 2.25. The molecule has 1 aromatic carbocycles. The summed E-state index contributed by atoms with van der Waals surface area (Å²) in [5, 5.41) is 4.46. The van der Waals surface area contributed by atoms with E-state index < -0.39 is 5.82 Å². The quantitative estimate of drug-likeness (QED) is 0.781. The van der Waals surface area contributed by atoms with E-state index in [4.69, 9.17) is 11.6 Å². The number of amides is 2. The molecule has 1 unspecified atom stereocenters. The number of rotatable bonds is 3. The molecule has 3 heterocycles. The van der Waals surface area contributed by atoms with Gasteiger partial charge in [0.2, 0.25) is 5.91 Å². The van der Waals surface area contributed by atoms with Gasteiger partial charge in [0.1, 0.15) is 5.82 Å². The number of piperazine rings is 1. The van der Waals surface area contributed by atoms with Gasteiger partial charge in [-0.05, 0) is 24.6 Å². The maximum absolute atomic E-state index is 14.0. The van der Waals surface area contributed by atoms with Crippen molar-refractivity contribution in [3.05, 3.63) is 47.0 Å². The van der Waals surface area contributed by atoms with Crippen molar-refractivity contribution in [3.8, 4) is 0 Å². The van der Waals surface area contributed by atoms with Crippen LogP contribution in [0.1, 0.15) is 16.8 Å². The Bertz CT molecular complexity index is 909. The minimum atomic E-state index is -0.574. The van der Waals surface area contributed by atoms with Crippen LogP contribution in [0.2, 0.25) is 5.02 Å². The van der Waals surface area contributed by atoms with Gasteiger partial charge in [-0.25, -0.2) is 4.39 Å². The molecule has 7 nitrogen and oxygen atoms in total. The summed E-state index contributed by atoms with van der Waals surface area (Å²) in [7, 11) is 1.82. The first-order valence-corrected chi connectivity index (χ1v) is 9.60. The minimum Gasteiger partial charge on any atom is -0.336 e. The second kappa shape index (κ2) is 7.52. The first-order valence-electron chi connectivity index (χ1n) is 9.22. The van der Waals surface area contributed by atoms with Gasteiger partial charge >= 0.3 is 0 Å². The third kappa shape index (κ3) is 3.49. The topological polar surface area (TPSA) is 61.7 Å². The monoisotopic (exact) mass is 405 g/mol. The van der Waals surface area contributed by atoms with Crippen molar-refractivity contribution in [2.45, 2.75) is 12.5 Å². The Labute approximate surface area is 167 Å². The molecule has 2 aliphatic heterocycles. The molecule has 1 aromatic heterocycles. The molecule has 2 fully saturated rings. The van der Waals surface area contributed by atoms with E-state index in [-0.39, 0.29) is 23.4 Å². The SMILES string of the molecule is Cn1cc(N2CCC(N3CCN(C(=O)c4cc(Cl)ccc4F)CC3)C2=O)cn1. The number of aromatic nitrogens is 2. The number of benzene rings is 1. The molecule has 2 aromatic rings. The largest absolute Gasteiger partial charge is 0.336 e. The Hall–Kier alpha value is -2.45. The van der Waals surface area contributed by atoms with E-state index >= 15 is 0 Å². The Morgan fingerprint density at radius 3 is 2.64 bits per heavy atom. The number of carbonyl (C=O) groups excluding carboxylic acids is 2. The highest BCUT2D eigenvalue weighted by molar-refractivity contribution is 6.31. The summed E-state index contributed by atoms with van der Waals surface area (Å²) in [5.41, 5.74) is 0.792. The lowest BCUT2D eigenvalue weighted by atomic mass is 10.1. The Morgan fingerprint density at radius 1 is 1.21 bits per heavy atom. The van der Waals surface area contributed by atoms with Crippen LogP contribution >= 0.6 is 11.6 Å². The summed E-state index contributed by atoms with van der Waals surface area (Å²) in [6.07, 6.45) is 4.26. The molecular weight excluding hydrogens is 385 g/mol. The predicted octanol–water partition coefficient (Wildman–Crippen LogP) is 1.78. The second-order valence-corrected chi connectivity index (χ2v) is 7.56. The molecule has 2 amide bonds. The lowest BCUT2D eigenvalue weighted by Crippen LogP contribution is -2.54. The van der Waals surface area contributed by atoms with E-state index in [0.29, 0.717) is 37.7 Å². The summed E-state index contributed by atoms with van der Waals surface area (Å²) >= 11 is 5.90. The molecule has 148 valence electrons. The molecule has 2 saturated heterocycles. The zero-order valence-corrected chi connectivity index (χ0v) is 16.3. The van der Waals surface area contributed by atoms with Crippen molar-refractivity contribution in [2.24, 2.45) is 7.05 Å². The molecular formula is C19H21ClFN5O2. The van der Waals surface area contributed by atoms with Crippen LogP contribution < -0.4 is 4.90 Å². The summed E-state index contributed by atoms with van der Waals surface area (Å²) in [4.78, 5) is 30.9. The van der Waals surface area contributed by atoms with Crippen LogP contribution in [0.5, 0.6) is 0 Å². The van der Waals surface area contributed by atoms with Crippen LogP contribution in [0.25, 0.3) is 0 Å². The average Bonchev–Trinajstić information content (AvgIpc) is 3.28. The maximum Gasteiger partial charge on any atom is 0.256 e. The van der Waals surface area contributed by atoms with Gasteiger partial charge in [0.25, 0.3) is 5.91 Å². The third-order valence-electron chi connectivity index (χ3n) is 5.38. The first-order chi connectivity index (χ1) is 13.4. The van der Waals surface area contributed by atoms with Crippen LogP contribution in [0.3, 0.4) is 0 Å². The zero-order valence-electron chi connectivity index (χ0n) is 15.5. The highest BCUT2D eigenvalue weighted by atomic mass is 35.5. The van der Waals surface area contributed by atoms with Crippen molar-refractivity contribution in [2.75, 3.05) is 37.6 Å². The van der Waals surface area contributed by atoms with Crippen LogP contribution in [-0.2, 0) is 11.8 Å². The second-order valence-electron chi connectivity index (χ2n) is 7.12. The Morgan fingerprint density at radius 2 is 1.96 bits per heavy atom. The standard InChI is InChI=1S/C19H21ClFN5O2/c1-23-12-14(11-22-23)26-5-4-17(19(26)28)24-6-8-25(9-7-24)18(27)15-10-13(20)2-3-16(15)21/h2-3,10-12,17H,4-9H2,1H3. The number of hydrogen-bond donors (Lipinski definition) is 0. The summed E-state index contributed by atoms with van der Waals surface area (Å²) in [6.45, 7) is 2.70. The van der Waals surface area contributed by atoms with Gasteiger partial charge in [0.15, 0.2) is 0 Å². The van der Waals surface area contributed by atoms with Crippen molar-refractivity contribution in [1.82, 2.24) is 19.6 Å². The van der Waals surface area contributed by atoms with E-state index in [2.05, 4.69) is 10.00 Å². The van der Waals surface area contributed by atoms with Crippen molar-refractivity contribution in [3.63, 3.8) is 0 Å². The fourth-order valence-corrected chi connectivity index (χ4v) is 4.05. The molecule has 0 aliphatic carbocycles. The van der Waals surface area contributed by atoms with Crippen LogP contribution in [0.15, 0.2) is 30.6 Å². The van der Waals surface area contributed by atoms with Gasteiger partial charge in [-0.3, -0.25) is 19.2 Å². The van der Waals surface area contributed by atoms with Crippen molar-refractivity contribution >= 4 is 29.1 Å². The number of carbonyl (C=O) groups is 2. The molecule has 4 rings (SSSR count). The molecule has 0 bridgehead atoms. The van der Waals surface area contributed by atoms with E-state index in [0.717, 1.165) is 12.1 Å². The zero-order chi connectivity index (χ0) is 19.8. The molecule has 28 heavy (non-hydrogen) atoms. The maximum atomic E-state index is 14.0. The van der Waals surface area contributed by atoms with Gasteiger partial charge in [-0.1, -0.05) is 11.6 Å². The van der Waals surface area contributed by atoms with E-state index in [1.54, 1.807) is 20.7 Å². The van der Waals surface area contributed by atoms with Crippen LogP contribution in [0.4, 0.5) is 10.1 Å². The van der Waals surface area contributed by atoms with Crippen LogP contribution in [-0.4, -0.2) is 70.2 Å². The predicted molar refractivity (Wildman–Crippen MR) is 103 cm³/mol. The Balaban J connectivity index is 1.38. The number of aryl methyl sites for hydroxylation is 1. The molecule has 2 aliphatic rings. The van der Waals surface area contributed by atoms with Crippen molar-refractivity contribution in [1.29, 1.82) is 0 Å². The van der Waals surface area contributed by atoms with Crippen molar-refractivity contribution < 1.29 is 14.0 Å². The third-order valence-corrected chi connectivity index (χ3v) is 5.62. The fraction of sp³-hybridized carbons (Fsp3) is 0.421. The van der Waals surface area contributed by atoms with Gasteiger partial charge < -0.3 is 9.80 Å². The van der Waals surface area contributed by atoms with E-state index in [1.807, 2.05) is 13.2 Å². The molecule has 0 spiro atoms. The van der Waals surface area contributed by atoms with Gasteiger partial charge in [0.05, 0.1) is 23.5 Å². The first kappa shape index (κ1) is 18.9. The summed E-state index contributed by atoms with van der Waals surface area (Å²) < 4.78 is 15.7. The molecule has 1 atom stereocenters. The lowest BCUT2D eigenvalue weighted by molar-refractivity contribution is -0.122. The Kier molecular flexibility index (Phi) is 5.07. The average molecular weight is 406 g/mol. The number of halogens is 2. The number of anilines is 1. The van der Waals surface area contributed by atoms with Crippen LogP contribution in [0, 0.1) is 5.82 Å². The van der Waals surface area contributed by atoms with Gasteiger partial charge in [-0.15, -0.1) is 0 Å². The summed E-state index contributed by atoms with van der Waals surface area (Å²) in [6, 6.07) is 3.79. The number of nitrogens with zero attached hydrogens (tertiary/aromatic N) is 5. The van der Waals surface area contributed by atoms with E-state index in [9.17, 15) is 14.0 Å². The molecule has 9 heteroatoms. The molecule has 0 radical (unpaired) electrons. The highest BCUT2D eigenvalue weighted by Gasteiger charge is 2.38. The fourth-order valence-electron chi connectivity index (χ4n) is 3.88. The van der Waals surface area contributed by atoms with E-state index in [1.165, 1.54) is 18.2 Å². The molecule has 0 saturated carbocycles. The number of hydrogen-bond acceptors (Lipinski definition) is 4. The smallest absolute Gasteiger partial charge is 0.256 e. The molecule has 0 N–H and O–H groups in total. The summed E-state index contributed by atoms with van der Waals surface area (Å²) in [5.74, 6) is -0.877. The van der Waals surface area contributed by atoms with Gasteiger partial charge in [0, 0.05) is 51.0 Å².